The molecule has 0 aliphatic heterocycles. The quantitative estimate of drug-likeness (QED) is 0.547. The van der Waals surface area contributed by atoms with Gasteiger partial charge in [-0.25, -0.2) is 9.97 Å². The molecule has 1 rings (SSSR count). The van der Waals surface area contributed by atoms with Gasteiger partial charge in [0.05, 0.1) is 11.4 Å². The highest BCUT2D eigenvalue weighted by Gasteiger charge is 1.98. The summed E-state index contributed by atoms with van der Waals surface area (Å²) in [5.74, 6) is 0. The molecule has 4 nitrogen and oxygen atoms in total. The first-order chi connectivity index (χ1) is 4.75. The van der Waals surface area contributed by atoms with Gasteiger partial charge in [0.2, 0.25) is 0 Å². The van der Waals surface area contributed by atoms with Crippen molar-refractivity contribution >= 4 is 11.9 Å². The molecule has 10 heavy (non-hydrogen) atoms. The number of nitrogens with one attached hydrogen (secondary N) is 1. The Morgan fingerprint density at radius 2 is 2.30 bits per heavy atom. The van der Waals surface area contributed by atoms with Crippen molar-refractivity contribution in [2.75, 3.05) is 5.73 Å². The minimum atomic E-state index is 0.479. The van der Waals surface area contributed by atoms with E-state index in [-0.39, 0.29) is 0 Å². The van der Waals surface area contributed by atoms with Crippen molar-refractivity contribution in [1.29, 1.82) is 5.41 Å². The van der Waals surface area contributed by atoms with Gasteiger partial charge in [0, 0.05) is 6.21 Å². The maximum absolute atomic E-state index is 6.89. The van der Waals surface area contributed by atoms with Crippen molar-refractivity contribution in [2.24, 2.45) is 0 Å². The second kappa shape index (κ2) is 2.43. The Bertz CT molecular complexity index is 256. The highest BCUT2D eigenvalue weighted by molar-refractivity contribution is 5.82. The van der Waals surface area contributed by atoms with Crippen molar-refractivity contribution < 1.29 is 0 Å². The number of anilines is 1. The molecule has 0 unspecified atom stereocenters. The summed E-state index contributed by atoms with van der Waals surface area (Å²) < 4.78 is 0. The van der Waals surface area contributed by atoms with Crippen LogP contribution in [0.1, 0.15) is 11.4 Å². The number of nitrogens with two attached hydrogens (primary N) is 1. The van der Waals surface area contributed by atoms with Gasteiger partial charge in [0.25, 0.3) is 0 Å². The summed E-state index contributed by atoms with van der Waals surface area (Å²) >= 11 is 0. The van der Waals surface area contributed by atoms with Crippen LogP contribution in [0.3, 0.4) is 0 Å². The fraction of sp³-hybridized carbons (Fsp3) is 0.167. The van der Waals surface area contributed by atoms with Crippen LogP contribution in [-0.4, -0.2) is 16.2 Å². The zero-order chi connectivity index (χ0) is 7.56. The third-order valence-corrected chi connectivity index (χ3v) is 1.25. The molecule has 0 saturated carbocycles. The third kappa shape index (κ3) is 0.953. The van der Waals surface area contributed by atoms with E-state index in [2.05, 4.69) is 9.97 Å². The van der Waals surface area contributed by atoms with Crippen LogP contribution in [0.4, 0.5) is 5.69 Å². The monoisotopic (exact) mass is 136 g/mol. The van der Waals surface area contributed by atoms with E-state index < -0.39 is 0 Å². The molecule has 0 fully saturated rings. The normalized spacial score (nSPS) is 9.30. The fourth-order valence-electron chi connectivity index (χ4n) is 0.617. The minimum absolute atomic E-state index is 0.479. The van der Waals surface area contributed by atoms with E-state index in [1.165, 1.54) is 6.33 Å². The van der Waals surface area contributed by atoms with E-state index in [0.717, 1.165) is 6.21 Å². The van der Waals surface area contributed by atoms with Gasteiger partial charge >= 0.3 is 0 Å². The number of hydrogen-bond acceptors (Lipinski definition) is 4. The fourth-order valence-corrected chi connectivity index (χ4v) is 0.617. The van der Waals surface area contributed by atoms with E-state index in [1.54, 1.807) is 6.92 Å². The summed E-state index contributed by atoms with van der Waals surface area (Å²) in [6.45, 7) is 1.78. The van der Waals surface area contributed by atoms with Crippen LogP contribution in [-0.2, 0) is 0 Å². The van der Waals surface area contributed by atoms with Gasteiger partial charge in [0.1, 0.15) is 12.0 Å². The number of nitrogens with zero attached hydrogens (tertiary/aromatic N) is 2. The molecule has 52 valence electrons. The zero-order valence-corrected chi connectivity index (χ0v) is 5.63. The minimum Gasteiger partial charge on any atom is -0.395 e. The Labute approximate surface area is 58.6 Å². The smallest absolute Gasteiger partial charge is 0.116 e. The maximum atomic E-state index is 6.89. The first-order valence-corrected chi connectivity index (χ1v) is 2.83. The van der Waals surface area contributed by atoms with E-state index >= 15 is 0 Å². The molecule has 0 aliphatic carbocycles. The summed E-state index contributed by atoms with van der Waals surface area (Å²) in [6.07, 6.45) is 2.51. The average Bonchev–Trinajstić information content (AvgIpc) is 1.95. The van der Waals surface area contributed by atoms with Crippen LogP contribution in [0.5, 0.6) is 0 Å². The molecule has 1 heterocycles. The van der Waals surface area contributed by atoms with Crippen LogP contribution in [0.25, 0.3) is 0 Å². The molecule has 0 radical (unpaired) electrons. The Hall–Kier alpha value is -1.45. The zero-order valence-electron chi connectivity index (χ0n) is 5.63. The van der Waals surface area contributed by atoms with Crippen molar-refractivity contribution in [2.45, 2.75) is 6.92 Å². The van der Waals surface area contributed by atoms with Gasteiger partial charge < -0.3 is 11.1 Å². The molecular weight excluding hydrogens is 128 g/mol. The van der Waals surface area contributed by atoms with Gasteiger partial charge in [-0.1, -0.05) is 0 Å². The molecule has 0 atom stereocenters. The number of nitrogen functional groups attached to an aromatic ring is 1. The SMILES string of the molecule is Cc1ncnc(C=N)c1N. The Morgan fingerprint density at radius 1 is 1.60 bits per heavy atom. The summed E-state index contributed by atoms with van der Waals surface area (Å²) in [7, 11) is 0. The van der Waals surface area contributed by atoms with E-state index in [9.17, 15) is 0 Å². The lowest BCUT2D eigenvalue weighted by molar-refractivity contribution is 1.10. The lowest BCUT2D eigenvalue weighted by atomic mass is 10.3. The van der Waals surface area contributed by atoms with Crippen LogP contribution >= 0.6 is 0 Å². The van der Waals surface area contributed by atoms with Crippen LogP contribution in [0.15, 0.2) is 6.33 Å². The van der Waals surface area contributed by atoms with Crippen molar-refractivity contribution in [3.05, 3.63) is 17.7 Å². The lowest BCUT2D eigenvalue weighted by Crippen LogP contribution is -2.00. The Morgan fingerprint density at radius 3 is 2.80 bits per heavy atom. The number of aromatic nitrogens is 2. The number of aryl methyl sites for hydroxylation is 1. The van der Waals surface area contributed by atoms with Crippen LogP contribution in [0.2, 0.25) is 0 Å². The molecular formula is C6H8N4. The topological polar surface area (TPSA) is 75.7 Å². The summed E-state index contributed by atoms with van der Waals surface area (Å²) in [5.41, 5.74) is 7.20. The molecule has 0 aliphatic rings. The Kier molecular flexibility index (Phi) is 1.62. The molecule has 0 amide bonds. The highest BCUT2D eigenvalue weighted by atomic mass is 14.9. The van der Waals surface area contributed by atoms with E-state index in [1.807, 2.05) is 0 Å². The lowest BCUT2D eigenvalue weighted by Gasteiger charge is -1.98. The van der Waals surface area contributed by atoms with Crippen molar-refractivity contribution in [3.63, 3.8) is 0 Å². The molecule has 0 saturated heterocycles. The van der Waals surface area contributed by atoms with Gasteiger partial charge in [-0.05, 0) is 6.92 Å². The van der Waals surface area contributed by atoms with Gasteiger partial charge in [-0.15, -0.1) is 0 Å². The molecule has 1 aromatic rings. The summed E-state index contributed by atoms with van der Waals surface area (Å²) in [5, 5.41) is 6.89. The second-order valence-corrected chi connectivity index (χ2v) is 1.90. The standard InChI is InChI=1S/C6H8N4/c1-4-6(8)5(2-7)10-3-9-4/h2-3,7H,8H2,1H3. The third-order valence-electron chi connectivity index (χ3n) is 1.25. The molecule has 0 spiro atoms. The average molecular weight is 136 g/mol. The molecule has 0 bridgehead atoms. The summed E-state index contributed by atoms with van der Waals surface area (Å²) in [6, 6.07) is 0. The van der Waals surface area contributed by atoms with Crippen LogP contribution in [0, 0.1) is 12.3 Å². The highest BCUT2D eigenvalue weighted by Crippen LogP contribution is 2.07. The predicted molar refractivity (Wildman–Crippen MR) is 39.1 cm³/mol. The number of hydrogen-bond donors (Lipinski definition) is 2. The van der Waals surface area contributed by atoms with Gasteiger partial charge in [0.15, 0.2) is 0 Å². The first kappa shape index (κ1) is 6.67. The molecule has 3 N–H and O–H groups in total. The van der Waals surface area contributed by atoms with Crippen molar-refractivity contribution in [3.8, 4) is 0 Å². The van der Waals surface area contributed by atoms with E-state index in [0.29, 0.717) is 17.1 Å². The molecule has 0 aromatic carbocycles. The molecule has 4 heteroatoms. The summed E-state index contributed by atoms with van der Waals surface area (Å²) in [4.78, 5) is 7.63. The van der Waals surface area contributed by atoms with Gasteiger partial charge in [-0.2, -0.15) is 0 Å². The van der Waals surface area contributed by atoms with E-state index in [4.69, 9.17) is 11.1 Å². The second-order valence-electron chi connectivity index (χ2n) is 1.90. The predicted octanol–water partition coefficient (Wildman–Crippen LogP) is 0.365. The maximum Gasteiger partial charge on any atom is 0.116 e. The van der Waals surface area contributed by atoms with Crippen LogP contribution < -0.4 is 5.73 Å². The Balaban J connectivity index is 3.27. The largest absolute Gasteiger partial charge is 0.395 e. The number of rotatable bonds is 1. The van der Waals surface area contributed by atoms with Crippen molar-refractivity contribution in [1.82, 2.24) is 9.97 Å². The first-order valence-electron chi connectivity index (χ1n) is 2.83. The molecule has 1 aromatic heterocycles. The van der Waals surface area contributed by atoms with Gasteiger partial charge in [-0.3, -0.25) is 0 Å².